The van der Waals surface area contributed by atoms with E-state index in [4.69, 9.17) is 0 Å². The van der Waals surface area contributed by atoms with Crippen molar-refractivity contribution in [2.45, 2.75) is 13.5 Å². The summed E-state index contributed by atoms with van der Waals surface area (Å²) >= 11 is 0. The van der Waals surface area contributed by atoms with Gasteiger partial charge in [-0.25, -0.2) is 0 Å². The number of nitro benzene ring substituents is 1. The number of carbonyl (C=O) groups is 2. The maximum atomic E-state index is 12.4. The number of nitrogens with zero attached hydrogens (tertiary/aromatic N) is 2. The molecule has 0 aromatic heterocycles. The average molecular weight is 368 g/mol. The highest BCUT2D eigenvalue weighted by molar-refractivity contribution is 5.96. The largest absolute Gasteiger partial charge is 0.360 e. The lowest BCUT2D eigenvalue weighted by atomic mass is 10.1. The molecule has 2 N–H and O–H groups in total. The van der Waals surface area contributed by atoms with E-state index in [9.17, 15) is 19.7 Å². The number of rotatable bonds is 5. The van der Waals surface area contributed by atoms with E-state index in [0.717, 1.165) is 17.8 Å². The van der Waals surface area contributed by atoms with Gasteiger partial charge in [0, 0.05) is 42.5 Å². The lowest BCUT2D eigenvalue weighted by molar-refractivity contribution is -0.385. The zero-order valence-electron chi connectivity index (χ0n) is 14.9. The molecule has 1 aliphatic heterocycles. The predicted octanol–water partition coefficient (Wildman–Crippen LogP) is 1.77. The van der Waals surface area contributed by atoms with Gasteiger partial charge in [0.15, 0.2) is 0 Å². The molecule has 140 valence electrons. The standard InChI is InChI=1S/C19H20N4O4/c1-13-16(3-2-4-17(13)23(26)27)19(25)21-11-14-5-7-15(8-6-14)22-10-9-20-18(24)12-22/h2-8H,9-12H2,1H3,(H,20,24)(H,21,25). The second-order valence-corrected chi connectivity index (χ2v) is 6.33. The lowest BCUT2D eigenvalue weighted by Crippen LogP contribution is -2.47. The zero-order valence-corrected chi connectivity index (χ0v) is 14.9. The Morgan fingerprint density at radius 3 is 2.67 bits per heavy atom. The second-order valence-electron chi connectivity index (χ2n) is 6.33. The van der Waals surface area contributed by atoms with E-state index < -0.39 is 4.92 Å². The summed E-state index contributed by atoms with van der Waals surface area (Å²) < 4.78 is 0. The molecule has 2 amide bonds. The van der Waals surface area contributed by atoms with Crippen molar-refractivity contribution in [2.75, 3.05) is 24.5 Å². The number of anilines is 1. The highest BCUT2D eigenvalue weighted by Crippen LogP contribution is 2.21. The highest BCUT2D eigenvalue weighted by atomic mass is 16.6. The minimum absolute atomic E-state index is 0.00455. The van der Waals surface area contributed by atoms with E-state index in [-0.39, 0.29) is 17.5 Å². The first kappa shape index (κ1) is 18.4. The maximum absolute atomic E-state index is 12.4. The molecular formula is C19H20N4O4. The van der Waals surface area contributed by atoms with Gasteiger partial charge in [-0.2, -0.15) is 0 Å². The minimum Gasteiger partial charge on any atom is -0.360 e. The van der Waals surface area contributed by atoms with Gasteiger partial charge in [-0.3, -0.25) is 19.7 Å². The normalized spacial score (nSPS) is 13.8. The first-order valence-corrected chi connectivity index (χ1v) is 8.58. The van der Waals surface area contributed by atoms with Gasteiger partial charge in [0.25, 0.3) is 11.6 Å². The fourth-order valence-electron chi connectivity index (χ4n) is 3.03. The Bertz CT molecular complexity index is 880. The summed E-state index contributed by atoms with van der Waals surface area (Å²) in [5.41, 5.74) is 2.42. The number of piperazine rings is 1. The molecule has 0 saturated carbocycles. The van der Waals surface area contributed by atoms with Gasteiger partial charge in [0.05, 0.1) is 11.5 Å². The van der Waals surface area contributed by atoms with Crippen LogP contribution in [0.5, 0.6) is 0 Å². The number of hydrogen-bond acceptors (Lipinski definition) is 5. The molecule has 1 aliphatic rings. The molecule has 1 fully saturated rings. The fraction of sp³-hybridized carbons (Fsp3) is 0.263. The third-order valence-corrected chi connectivity index (χ3v) is 4.54. The van der Waals surface area contributed by atoms with Crippen molar-refractivity contribution in [3.05, 3.63) is 69.3 Å². The van der Waals surface area contributed by atoms with Crippen LogP contribution in [0.2, 0.25) is 0 Å². The van der Waals surface area contributed by atoms with Crippen molar-refractivity contribution >= 4 is 23.2 Å². The van der Waals surface area contributed by atoms with Gasteiger partial charge in [-0.05, 0) is 30.7 Å². The molecule has 0 unspecified atom stereocenters. The summed E-state index contributed by atoms with van der Waals surface area (Å²) in [6.45, 7) is 3.59. The summed E-state index contributed by atoms with van der Waals surface area (Å²) in [6.07, 6.45) is 0. The molecule has 1 saturated heterocycles. The van der Waals surface area contributed by atoms with E-state index in [2.05, 4.69) is 10.6 Å². The minimum atomic E-state index is -0.494. The van der Waals surface area contributed by atoms with Crippen LogP contribution < -0.4 is 15.5 Å². The van der Waals surface area contributed by atoms with Crippen molar-refractivity contribution < 1.29 is 14.5 Å². The molecule has 8 nitrogen and oxygen atoms in total. The van der Waals surface area contributed by atoms with Crippen molar-refractivity contribution in [3.8, 4) is 0 Å². The van der Waals surface area contributed by atoms with E-state index in [1.807, 2.05) is 29.2 Å². The number of hydrogen-bond donors (Lipinski definition) is 2. The molecule has 8 heteroatoms. The first-order valence-electron chi connectivity index (χ1n) is 8.58. The maximum Gasteiger partial charge on any atom is 0.273 e. The van der Waals surface area contributed by atoms with Crippen molar-refractivity contribution in [2.24, 2.45) is 0 Å². The highest BCUT2D eigenvalue weighted by Gasteiger charge is 2.18. The summed E-state index contributed by atoms with van der Waals surface area (Å²) in [5, 5.41) is 16.6. The predicted molar refractivity (Wildman–Crippen MR) is 101 cm³/mol. The van der Waals surface area contributed by atoms with Crippen LogP contribution in [0, 0.1) is 17.0 Å². The topological polar surface area (TPSA) is 105 Å². The van der Waals surface area contributed by atoms with Gasteiger partial charge >= 0.3 is 0 Å². The second kappa shape index (κ2) is 7.86. The molecule has 2 aromatic carbocycles. The van der Waals surface area contributed by atoms with Crippen LogP contribution in [0.25, 0.3) is 0 Å². The Morgan fingerprint density at radius 1 is 1.26 bits per heavy atom. The fourth-order valence-corrected chi connectivity index (χ4v) is 3.03. The lowest BCUT2D eigenvalue weighted by Gasteiger charge is -2.28. The number of benzene rings is 2. The van der Waals surface area contributed by atoms with Crippen molar-refractivity contribution in [1.82, 2.24) is 10.6 Å². The number of nitrogens with one attached hydrogen (secondary N) is 2. The van der Waals surface area contributed by atoms with E-state index in [0.29, 0.717) is 30.8 Å². The summed E-state index contributed by atoms with van der Waals surface area (Å²) in [6, 6.07) is 12.1. The van der Waals surface area contributed by atoms with Crippen LogP contribution in [0.15, 0.2) is 42.5 Å². The zero-order chi connectivity index (χ0) is 19.4. The molecular weight excluding hydrogens is 348 g/mol. The third kappa shape index (κ3) is 4.22. The summed E-state index contributed by atoms with van der Waals surface area (Å²) in [7, 11) is 0. The van der Waals surface area contributed by atoms with Gasteiger partial charge < -0.3 is 15.5 Å². The molecule has 2 aromatic rings. The third-order valence-electron chi connectivity index (χ3n) is 4.54. The van der Waals surface area contributed by atoms with Crippen molar-refractivity contribution in [1.29, 1.82) is 0 Å². The number of amides is 2. The molecule has 0 atom stereocenters. The molecule has 0 bridgehead atoms. The summed E-state index contributed by atoms with van der Waals surface area (Å²) in [5.74, 6) is -0.349. The molecule has 0 spiro atoms. The average Bonchev–Trinajstić information content (AvgIpc) is 2.66. The smallest absolute Gasteiger partial charge is 0.273 e. The summed E-state index contributed by atoms with van der Waals surface area (Å²) in [4.78, 5) is 36.4. The van der Waals surface area contributed by atoms with Crippen LogP contribution in [-0.4, -0.2) is 36.4 Å². The van der Waals surface area contributed by atoms with Gasteiger partial charge in [0.1, 0.15) is 0 Å². The van der Waals surface area contributed by atoms with Crippen molar-refractivity contribution in [3.63, 3.8) is 0 Å². The van der Waals surface area contributed by atoms with Gasteiger partial charge in [-0.15, -0.1) is 0 Å². The van der Waals surface area contributed by atoms with Crippen LogP contribution >= 0.6 is 0 Å². The van der Waals surface area contributed by atoms with E-state index in [1.165, 1.54) is 12.1 Å². The first-order chi connectivity index (χ1) is 13.0. The Morgan fingerprint density at radius 2 is 2.00 bits per heavy atom. The van der Waals surface area contributed by atoms with Crippen LogP contribution in [0.3, 0.4) is 0 Å². The molecule has 1 heterocycles. The van der Waals surface area contributed by atoms with Gasteiger partial charge in [0.2, 0.25) is 5.91 Å². The van der Waals surface area contributed by atoms with Gasteiger partial charge in [-0.1, -0.05) is 18.2 Å². The monoisotopic (exact) mass is 368 g/mol. The number of carbonyl (C=O) groups excluding carboxylic acids is 2. The van der Waals surface area contributed by atoms with E-state index in [1.54, 1.807) is 13.0 Å². The molecule has 0 radical (unpaired) electrons. The Hall–Kier alpha value is -3.42. The Labute approximate surface area is 156 Å². The molecule has 27 heavy (non-hydrogen) atoms. The Balaban J connectivity index is 1.63. The van der Waals surface area contributed by atoms with E-state index >= 15 is 0 Å². The SMILES string of the molecule is Cc1c(C(=O)NCc2ccc(N3CCNC(=O)C3)cc2)cccc1[N+](=O)[O-]. The van der Waals surface area contributed by atoms with Crippen LogP contribution in [0.1, 0.15) is 21.5 Å². The Kier molecular flexibility index (Phi) is 5.35. The quantitative estimate of drug-likeness (QED) is 0.618. The molecule has 3 rings (SSSR count). The van der Waals surface area contributed by atoms with Crippen LogP contribution in [-0.2, 0) is 11.3 Å². The number of nitro groups is 1. The van der Waals surface area contributed by atoms with Crippen LogP contribution in [0.4, 0.5) is 11.4 Å². The molecule has 0 aliphatic carbocycles.